The van der Waals surface area contributed by atoms with Gasteiger partial charge in [-0.15, -0.1) is 11.3 Å². The van der Waals surface area contributed by atoms with E-state index in [1.165, 1.54) is 36.5 Å². The van der Waals surface area contributed by atoms with Crippen molar-refractivity contribution in [2.45, 2.75) is 12.6 Å². The summed E-state index contributed by atoms with van der Waals surface area (Å²) in [5.74, 6) is 1.71. The average molecular weight is 610 g/mol. The maximum Gasteiger partial charge on any atom is 0.423 e. The predicted molar refractivity (Wildman–Crippen MR) is 179 cm³/mol. The zero-order valence-electron chi connectivity index (χ0n) is 24.6. The Kier molecular flexibility index (Phi) is 3.95. The molecule has 4 aromatic heterocycles. The summed E-state index contributed by atoms with van der Waals surface area (Å²) >= 11 is 1.84. The third-order valence-corrected chi connectivity index (χ3v) is 11.5. The van der Waals surface area contributed by atoms with E-state index in [2.05, 4.69) is 147 Å². The number of hydrogen-bond acceptors (Lipinski definition) is 3. The van der Waals surface area contributed by atoms with Crippen LogP contribution in [0, 0.1) is 6.92 Å². The van der Waals surface area contributed by atoms with E-state index in [-0.39, 0.29) is 0 Å². The minimum Gasteiger partial charge on any atom is -0.456 e. The van der Waals surface area contributed by atoms with E-state index in [1.807, 2.05) is 11.3 Å². The maximum atomic E-state index is 6.77. The quantitative estimate of drug-likeness (QED) is 0.178. The highest BCUT2D eigenvalue weighted by molar-refractivity contribution is 7.25. The molecular weight excluding hydrogens is 587 g/mol. The minimum absolute atomic E-state index is 0.790. The van der Waals surface area contributed by atoms with Crippen molar-refractivity contribution in [2.24, 2.45) is 0 Å². The smallest absolute Gasteiger partial charge is 0.423 e. The van der Waals surface area contributed by atoms with Crippen LogP contribution >= 0.6 is 11.3 Å². The molecule has 214 valence electrons. The molecule has 3 aliphatic heterocycles. The number of thiophene rings is 1. The van der Waals surface area contributed by atoms with Crippen LogP contribution in [-0.4, -0.2) is 14.3 Å². The largest absolute Gasteiger partial charge is 0.456 e. The van der Waals surface area contributed by atoms with Gasteiger partial charge in [-0.25, -0.2) is 0 Å². The second kappa shape index (κ2) is 7.70. The van der Waals surface area contributed by atoms with Gasteiger partial charge in [0.25, 0.3) is 0 Å². The molecule has 7 heteroatoms. The molecule has 1 unspecified atom stereocenters. The third-order valence-electron chi connectivity index (χ3n) is 10.3. The van der Waals surface area contributed by atoms with Gasteiger partial charge in [0, 0.05) is 36.2 Å². The van der Waals surface area contributed by atoms with Crippen LogP contribution in [0.1, 0.15) is 16.8 Å². The van der Waals surface area contributed by atoms with Crippen LogP contribution in [0.3, 0.4) is 0 Å². The molecule has 0 amide bonds. The van der Waals surface area contributed by atoms with Gasteiger partial charge in [0.15, 0.2) is 22.5 Å². The van der Waals surface area contributed by atoms with Crippen LogP contribution in [0.25, 0.3) is 64.7 Å². The maximum absolute atomic E-state index is 6.77. The first-order valence-electron chi connectivity index (χ1n) is 15.6. The molecule has 0 radical (unpaired) electrons. The predicted octanol–water partition coefficient (Wildman–Crippen LogP) is 7.92. The molecule has 0 saturated carbocycles. The SMILES string of the molecule is Cc1c(-c2ccc3sc4ccccc4c3c2)n[n+]2n1-c1cccc3c1C21c2c(cccc2-n2c4ccccc4c4ccc[n+]1c42)O3. The van der Waals surface area contributed by atoms with E-state index < -0.39 is 5.66 Å². The number of para-hydroxylation sites is 1. The molecule has 0 fully saturated rings. The lowest BCUT2D eigenvalue weighted by Gasteiger charge is -2.31. The number of fused-ring (bicyclic) bond motifs is 9. The highest BCUT2D eigenvalue weighted by atomic mass is 32.1. The van der Waals surface area contributed by atoms with Gasteiger partial charge in [-0.1, -0.05) is 53.2 Å². The second-order valence-corrected chi connectivity index (χ2v) is 13.6. The first-order chi connectivity index (χ1) is 22.7. The number of benzene rings is 5. The van der Waals surface area contributed by atoms with Crippen LogP contribution in [0.15, 0.2) is 121 Å². The van der Waals surface area contributed by atoms with Gasteiger partial charge in [0.05, 0.1) is 16.4 Å². The van der Waals surface area contributed by atoms with Gasteiger partial charge >= 0.3 is 11.3 Å². The van der Waals surface area contributed by atoms with E-state index in [9.17, 15) is 0 Å². The fourth-order valence-corrected chi connectivity index (χ4v) is 9.69. The average Bonchev–Trinajstić information content (AvgIpc) is 3.82. The van der Waals surface area contributed by atoms with E-state index in [4.69, 9.17) is 9.84 Å². The van der Waals surface area contributed by atoms with Crippen molar-refractivity contribution in [3.8, 4) is 34.1 Å². The molecule has 0 N–H and O–H groups in total. The van der Waals surface area contributed by atoms with Gasteiger partial charge in [0.2, 0.25) is 0 Å². The van der Waals surface area contributed by atoms with Gasteiger partial charge in [-0.2, -0.15) is 9.13 Å². The van der Waals surface area contributed by atoms with E-state index in [1.54, 1.807) is 0 Å². The summed E-state index contributed by atoms with van der Waals surface area (Å²) in [4.78, 5) is 2.23. The Labute approximate surface area is 266 Å². The molecule has 0 bridgehead atoms. The van der Waals surface area contributed by atoms with Gasteiger partial charge in [0.1, 0.15) is 28.4 Å². The van der Waals surface area contributed by atoms with Crippen molar-refractivity contribution in [3.05, 3.63) is 138 Å². The van der Waals surface area contributed by atoms with E-state index in [0.29, 0.717) is 0 Å². The van der Waals surface area contributed by atoms with Crippen LogP contribution in [0.4, 0.5) is 0 Å². The Morgan fingerprint density at radius 1 is 0.696 bits per heavy atom. The van der Waals surface area contributed by atoms with Crippen molar-refractivity contribution < 1.29 is 14.1 Å². The number of pyridine rings is 1. The topological polar surface area (TPSA) is 39.7 Å². The Bertz CT molecular complexity index is 2870. The molecule has 12 rings (SSSR count). The van der Waals surface area contributed by atoms with Crippen molar-refractivity contribution in [2.75, 3.05) is 0 Å². The van der Waals surface area contributed by atoms with E-state index in [0.717, 1.165) is 56.6 Å². The molecule has 9 aromatic rings. The normalized spacial score (nSPS) is 16.6. The number of nitrogens with zero attached hydrogens (tertiary/aromatic N) is 5. The summed E-state index contributed by atoms with van der Waals surface area (Å²) in [6.07, 6.45) is 2.22. The van der Waals surface area contributed by atoms with Crippen LogP contribution in [-0.2, 0) is 5.66 Å². The van der Waals surface area contributed by atoms with Gasteiger partial charge < -0.3 is 4.74 Å². The molecule has 46 heavy (non-hydrogen) atoms. The summed E-state index contributed by atoms with van der Waals surface area (Å²) in [5.41, 5.74) is 9.14. The van der Waals surface area contributed by atoms with Crippen molar-refractivity contribution in [1.82, 2.24) is 14.3 Å². The lowest BCUT2D eigenvalue weighted by Crippen LogP contribution is -2.77. The highest BCUT2D eigenvalue weighted by Gasteiger charge is 2.70. The lowest BCUT2D eigenvalue weighted by molar-refractivity contribution is -1.01. The molecule has 6 nitrogen and oxygen atoms in total. The zero-order chi connectivity index (χ0) is 29.9. The molecule has 3 aliphatic rings. The monoisotopic (exact) mass is 609 g/mol. The number of rotatable bonds is 1. The number of aromatic nitrogens is 5. The molecule has 0 aliphatic carbocycles. The van der Waals surface area contributed by atoms with E-state index >= 15 is 0 Å². The fourth-order valence-electron chi connectivity index (χ4n) is 8.60. The summed E-state index contributed by atoms with van der Waals surface area (Å²) in [6, 6.07) is 41.4. The first kappa shape index (κ1) is 23.6. The third kappa shape index (κ3) is 2.44. The molecule has 5 aromatic carbocycles. The standard InChI is InChI=1S/C39H23N5OS/c1-22-37(23-18-19-34-27(21-23)25-10-3-5-17-33(25)46-34)40-44-39-35-29(13-6-15-31(35)45-32-16-7-14-30(36(32)39)43(22)44)42-28-12-4-2-9-24(28)26-11-8-20-41(39)38(26)42/h2-21H,1H3/q+2. The Morgan fingerprint density at radius 2 is 1.43 bits per heavy atom. The second-order valence-electron chi connectivity index (χ2n) is 12.5. The Balaban J connectivity index is 1.25. The number of hydrogen-bond donors (Lipinski definition) is 0. The summed E-state index contributed by atoms with van der Waals surface area (Å²) in [6.45, 7) is 2.20. The van der Waals surface area contributed by atoms with Crippen molar-refractivity contribution in [1.29, 1.82) is 0 Å². The first-order valence-corrected chi connectivity index (χ1v) is 16.4. The minimum atomic E-state index is -0.790. The molecule has 1 atom stereocenters. The molecular formula is C39H23N5OS+2. The van der Waals surface area contributed by atoms with Gasteiger partial charge in [-0.05, 0) is 73.7 Å². The van der Waals surface area contributed by atoms with Crippen molar-refractivity contribution in [3.63, 3.8) is 0 Å². The van der Waals surface area contributed by atoms with Crippen molar-refractivity contribution >= 4 is 53.4 Å². The zero-order valence-corrected chi connectivity index (χ0v) is 25.4. The van der Waals surface area contributed by atoms with Crippen LogP contribution in [0.2, 0.25) is 0 Å². The molecule has 0 saturated heterocycles. The lowest BCUT2D eigenvalue weighted by atomic mass is 9.85. The summed E-state index contributed by atoms with van der Waals surface area (Å²) < 4.78 is 16.5. The number of ether oxygens (including phenoxy) is 1. The summed E-state index contributed by atoms with van der Waals surface area (Å²) in [7, 11) is 0. The Morgan fingerprint density at radius 3 is 2.33 bits per heavy atom. The van der Waals surface area contributed by atoms with Crippen LogP contribution < -0.4 is 14.1 Å². The molecule has 7 heterocycles. The summed E-state index contributed by atoms with van der Waals surface area (Å²) in [5, 5.41) is 10.6. The van der Waals surface area contributed by atoms with Crippen LogP contribution in [0.5, 0.6) is 11.5 Å². The fraction of sp³-hybridized carbons (Fsp3) is 0.0513. The highest BCUT2D eigenvalue weighted by Crippen LogP contribution is 2.54. The Hall–Kier alpha value is -5.79. The molecule has 1 spiro atoms. The van der Waals surface area contributed by atoms with Gasteiger partial charge in [-0.3, -0.25) is 0 Å².